The van der Waals surface area contributed by atoms with E-state index in [1.807, 2.05) is 19.9 Å². The normalized spacial score (nSPS) is 14.0. The van der Waals surface area contributed by atoms with E-state index in [2.05, 4.69) is 63.0 Å². The highest BCUT2D eigenvalue weighted by molar-refractivity contribution is 5.70. The van der Waals surface area contributed by atoms with Gasteiger partial charge in [0.2, 0.25) is 0 Å². The summed E-state index contributed by atoms with van der Waals surface area (Å²) in [6, 6.07) is 2.26. The lowest BCUT2D eigenvalue weighted by Crippen LogP contribution is -2.11. The van der Waals surface area contributed by atoms with E-state index >= 15 is 0 Å². The van der Waals surface area contributed by atoms with Gasteiger partial charge in [0.1, 0.15) is 5.82 Å². The fourth-order valence-corrected chi connectivity index (χ4v) is 3.37. The SMILES string of the molecule is CCCC(C/C=C\C(C)CC)n1c(C)nc2ncc(Nc3cc(C)[nH]n3)nc21. The number of hydrogen-bond acceptors (Lipinski definition) is 5. The minimum atomic E-state index is 0.326. The number of imidazole rings is 1. The first kappa shape index (κ1) is 20.0. The first-order valence-corrected chi connectivity index (χ1v) is 10.2. The van der Waals surface area contributed by atoms with Crippen LogP contribution in [0.4, 0.5) is 11.6 Å². The zero-order valence-corrected chi connectivity index (χ0v) is 17.5. The fourth-order valence-electron chi connectivity index (χ4n) is 3.37. The number of hydrogen-bond donors (Lipinski definition) is 2. The maximum absolute atomic E-state index is 4.81. The molecule has 0 spiro atoms. The summed E-state index contributed by atoms with van der Waals surface area (Å²) in [7, 11) is 0. The van der Waals surface area contributed by atoms with Gasteiger partial charge < -0.3 is 9.88 Å². The van der Waals surface area contributed by atoms with Gasteiger partial charge in [0, 0.05) is 17.8 Å². The highest BCUT2D eigenvalue weighted by Gasteiger charge is 2.18. The van der Waals surface area contributed by atoms with Gasteiger partial charge in [0.05, 0.1) is 6.20 Å². The van der Waals surface area contributed by atoms with E-state index < -0.39 is 0 Å². The average Bonchev–Trinajstić information content (AvgIpc) is 3.22. The number of anilines is 2. The Balaban J connectivity index is 1.91. The van der Waals surface area contributed by atoms with Crippen molar-refractivity contribution in [1.29, 1.82) is 0 Å². The first-order chi connectivity index (χ1) is 13.5. The molecule has 0 aliphatic heterocycles. The lowest BCUT2D eigenvalue weighted by atomic mass is 10.0. The van der Waals surface area contributed by atoms with Gasteiger partial charge in [-0.2, -0.15) is 5.10 Å². The van der Waals surface area contributed by atoms with Crippen molar-refractivity contribution >= 4 is 22.9 Å². The van der Waals surface area contributed by atoms with E-state index in [0.717, 1.165) is 48.7 Å². The van der Waals surface area contributed by atoms with E-state index in [-0.39, 0.29) is 0 Å². The quantitative estimate of drug-likeness (QED) is 0.495. The van der Waals surface area contributed by atoms with Crippen molar-refractivity contribution in [3.8, 4) is 0 Å². The number of nitrogens with one attached hydrogen (secondary N) is 2. The molecule has 2 N–H and O–H groups in total. The standard InChI is InChI=1S/C21H31N7/c1-6-9-17(11-8-10-14(3)7-2)28-16(5)23-20-21(28)25-19(13-22-20)24-18-12-15(4)26-27-18/h8,10,12-14,17H,6-7,9,11H2,1-5H3,(H2,24,25,26,27)/b10-8-. The van der Waals surface area contributed by atoms with Gasteiger partial charge in [-0.05, 0) is 32.6 Å². The molecule has 0 fully saturated rings. The van der Waals surface area contributed by atoms with Crippen LogP contribution in [0.1, 0.15) is 64.0 Å². The third-order valence-corrected chi connectivity index (χ3v) is 5.05. The van der Waals surface area contributed by atoms with Crippen LogP contribution in [-0.4, -0.2) is 29.7 Å². The van der Waals surface area contributed by atoms with E-state index in [1.54, 1.807) is 6.20 Å². The molecule has 150 valence electrons. The van der Waals surface area contributed by atoms with E-state index in [0.29, 0.717) is 23.4 Å². The number of nitrogens with zero attached hydrogens (tertiary/aromatic N) is 5. The van der Waals surface area contributed by atoms with E-state index in [1.165, 1.54) is 0 Å². The summed E-state index contributed by atoms with van der Waals surface area (Å²) in [5, 5.41) is 10.4. The summed E-state index contributed by atoms with van der Waals surface area (Å²) in [6.07, 6.45) is 10.7. The Morgan fingerprint density at radius 3 is 2.71 bits per heavy atom. The van der Waals surface area contributed by atoms with Crippen molar-refractivity contribution in [3.63, 3.8) is 0 Å². The predicted octanol–water partition coefficient (Wildman–Crippen LogP) is 5.24. The molecule has 0 saturated heterocycles. The highest BCUT2D eigenvalue weighted by atomic mass is 15.2. The molecule has 0 aliphatic rings. The molecule has 3 heterocycles. The maximum Gasteiger partial charge on any atom is 0.197 e. The first-order valence-electron chi connectivity index (χ1n) is 10.2. The molecule has 0 aromatic carbocycles. The van der Waals surface area contributed by atoms with Crippen LogP contribution in [-0.2, 0) is 0 Å². The maximum atomic E-state index is 4.81. The van der Waals surface area contributed by atoms with Crippen molar-refractivity contribution in [1.82, 2.24) is 29.7 Å². The van der Waals surface area contributed by atoms with Gasteiger partial charge in [-0.15, -0.1) is 0 Å². The topological polar surface area (TPSA) is 84.3 Å². The molecule has 2 unspecified atom stereocenters. The second kappa shape index (κ2) is 8.99. The van der Waals surface area contributed by atoms with Gasteiger partial charge in [-0.3, -0.25) is 5.10 Å². The molecule has 7 heteroatoms. The predicted molar refractivity (Wildman–Crippen MR) is 114 cm³/mol. The number of aromatic nitrogens is 6. The van der Waals surface area contributed by atoms with Crippen LogP contribution in [0.2, 0.25) is 0 Å². The Kier molecular flexibility index (Phi) is 6.44. The molecule has 0 radical (unpaired) electrons. The Hall–Kier alpha value is -2.70. The van der Waals surface area contributed by atoms with Crippen LogP contribution < -0.4 is 5.32 Å². The smallest absolute Gasteiger partial charge is 0.197 e. The van der Waals surface area contributed by atoms with Crippen LogP contribution in [0.5, 0.6) is 0 Å². The summed E-state index contributed by atoms with van der Waals surface area (Å²) >= 11 is 0. The zero-order valence-electron chi connectivity index (χ0n) is 17.5. The third-order valence-electron chi connectivity index (χ3n) is 5.05. The number of fused-ring (bicyclic) bond motifs is 1. The number of H-pyrrole nitrogens is 1. The minimum absolute atomic E-state index is 0.326. The van der Waals surface area contributed by atoms with Gasteiger partial charge in [-0.1, -0.05) is 45.8 Å². The molecule has 3 aromatic rings. The molecule has 7 nitrogen and oxygen atoms in total. The van der Waals surface area contributed by atoms with Crippen molar-refractivity contribution < 1.29 is 0 Å². The monoisotopic (exact) mass is 381 g/mol. The third kappa shape index (κ3) is 4.58. The highest BCUT2D eigenvalue weighted by Crippen LogP contribution is 2.26. The average molecular weight is 382 g/mol. The van der Waals surface area contributed by atoms with Crippen molar-refractivity contribution in [2.75, 3.05) is 5.32 Å². The van der Waals surface area contributed by atoms with Crippen LogP contribution in [0.25, 0.3) is 11.3 Å². The lowest BCUT2D eigenvalue weighted by molar-refractivity contribution is 0.464. The van der Waals surface area contributed by atoms with E-state index in [9.17, 15) is 0 Å². The molecule has 0 bridgehead atoms. The van der Waals surface area contributed by atoms with Gasteiger partial charge in [0.25, 0.3) is 0 Å². The largest absolute Gasteiger partial charge is 0.322 e. The summed E-state index contributed by atoms with van der Waals surface area (Å²) < 4.78 is 2.24. The number of aromatic amines is 1. The summed E-state index contributed by atoms with van der Waals surface area (Å²) in [4.78, 5) is 14.0. The molecule has 2 atom stereocenters. The van der Waals surface area contributed by atoms with Crippen LogP contribution >= 0.6 is 0 Å². The minimum Gasteiger partial charge on any atom is -0.322 e. The zero-order chi connectivity index (χ0) is 20.1. The molecule has 3 aromatic heterocycles. The Bertz CT molecular complexity index is 938. The molecule has 28 heavy (non-hydrogen) atoms. The number of rotatable bonds is 9. The second-order valence-electron chi connectivity index (χ2n) is 7.48. The Labute approximate surface area is 166 Å². The molecule has 0 aliphatic carbocycles. The van der Waals surface area contributed by atoms with Crippen molar-refractivity contribution in [2.45, 2.75) is 66.3 Å². The molecule has 0 saturated carbocycles. The van der Waals surface area contributed by atoms with Crippen LogP contribution in [0.3, 0.4) is 0 Å². The number of allylic oxidation sites excluding steroid dienone is 2. The molecule has 3 rings (SSSR count). The van der Waals surface area contributed by atoms with Crippen LogP contribution in [0, 0.1) is 19.8 Å². The number of aryl methyl sites for hydroxylation is 2. The molecule has 0 amide bonds. The van der Waals surface area contributed by atoms with Gasteiger partial charge >= 0.3 is 0 Å². The van der Waals surface area contributed by atoms with Crippen molar-refractivity contribution in [2.24, 2.45) is 5.92 Å². The second-order valence-corrected chi connectivity index (χ2v) is 7.48. The van der Waals surface area contributed by atoms with E-state index in [4.69, 9.17) is 4.98 Å². The summed E-state index contributed by atoms with van der Waals surface area (Å²) in [5.41, 5.74) is 2.51. The van der Waals surface area contributed by atoms with Gasteiger partial charge in [0.15, 0.2) is 22.9 Å². The van der Waals surface area contributed by atoms with Crippen LogP contribution in [0.15, 0.2) is 24.4 Å². The summed E-state index contributed by atoms with van der Waals surface area (Å²) in [6.45, 7) is 10.7. The van der Waals surface area contributed by atoms with Gasteiger partial charge in [-0.25, -0.2) is 15.0 Å². The Morgan fingerprint density at radius 2 is 2.04 bits per heavy atom. The lowest BCUT2D eigenvalue weighted by Gasteiger charge is -2.19. The molecular formula is C21H31N7. The summed E-state index contributed by atoms with van der Waals surface area (Å²) in [5.74, 6) is 2.97. The Morgan fingerprint density at radius 1 is 1.21 bits per heavy atom. The molecular weight excluding hydrogens is 350 g/mol. The fraction of sp³-hybridized carbons (Fsp3) is 0.524. The van der Waals surface area contributed by atoms with Crippen molar-refractivity contribution in [3.05, 3.63) is 35.9 Å².